The van der Waals surface area contributed by atoms with Gasteiger partial charge in [0.15, 0.2) is 0 Å². The van der Waals surface area contributed by atoms with Crippen molar-refractivity contribution in [2.24, 2.45) is 5.92 Å². The highest BCUT2D eigenvalue weighted by molar-refractivity contribution is 7.88. The predicted molar refractivity (Wildman–Crippen MR) is 86.3 cm³/mol. The summed E-state index contributed by atoms with van der Waals surface area (Å²) >= 11 is 0. The molecule has 3 N–H and O–H groups in total. The van der Waals surface area contributed by atoms with E-state index in [0.29, 0.717) is 18.2 Å². The number of benzene rings is 1. The highest BCUT2D eigenvalue weighted by Crippen LogP contribution is 2.12. The summed E-state index contributed by atoms with van der Waals surface area (Å²) in [5, 5.41) is 0. The fraction of sp³-hybridized carbons (Fsp3) is 0.600. The number of nitrogens with one attached hydrogen (secondary N) is 1. The third kappa shape index (κ3) is 5.65. The highest BCUT2D eigenvalue weighted by Gasteiger charge is 2.17. The molecule has 1 saturated heterocycles. The van der Waals surface area contributed by atoms with Crippen LogP contribution in [0.4, 0.5) is 5.69 Å². The monoisotopic (exact) mass is 311 g/mol. The van der Waals surface area contributed by atoms with E-state index in [-0.39, 0.29) is 5.75 Å². The van der Waals surface area contributed by atoms with E-state index < -0.39 is 10.0 Å². The van der Waals surface area contributed by atoms with Gasteiger partial charge >= 0.3 is 0 Å². The molecule has 0 saturated carbocycles. The SMILES string of the molecule is CC(CNS(=O)(=O)Cc1cccc(N)c1)CN1CCCC1. The van der Waals surface area contributed by atoms with E-state index in [9.17, 15) is 8.42 Å². The summed E-state index contributed by atoms with van der Waals surface area (Å²) in [7, 11) is -3.30. The number of sulfonamides is 1. The highest BCUT2D eigenvalue weighted by atomic mass is 32.2. The lowest BCUT2D eigenvalue weighted by Gasteiger charge is -2.20. The second-order valence-corrected chi connectivity index (χ2v) is 7.77. The van der Waals surface area contributed by atoms with Crippen LogP contribution in [-0.4, -0.2) is 39.5 Å². The van der Waals surface area contributed by atoms with Gasteiger partial charge < -0.3 is 10.6 Å². The summed E-state index contributed by atoms with van der Waals surface area (Å²) in [6.45, 7) is 5.81. The van der Waals surface area contributed by atoms with Crippen LogP contribution < -0.4 is 10.5 Å². The molecule has 0 aromatic heterocycles. The van der Waals surface area contributed by atoms with Crippen molar-refractivity contribution in [3.8, 4) is 0 Å². The molecule has 1 aliphatic rings. The Morgan fingerprint density at radius 2 is 2.05 bits per heavy atom. The predicted octanol–water partition coefficient (Wildman–Crippen LogP) is 1.42. The van der Waals surface area contributed by atoms with Gasteiger partial charge in [0, 0.05) is 18.8 Å². The summed E-state index contributed by atoms with van der Waals surface area (Å²) in [5.41, 5.74) is 6.98. The first-order valence-electron chi connectivity index (χ1n) is 7.49. The van der Waals surface area contributed by atoms with Crippen LogP contribution in [0, 0.1) is 5.92 Å². The largest absolute Gasteiger partial charge is 0.399 e. The Kier molecular flexibility index (Phi) is 5.61. The van der Waals surface area contributed by atoms with E-state index in [1.807, 2.05) is 0 Å². The van der Waals surface area contributed by atoms with Gasteiger partial charge in [-0.1, -0.05) is 19.1 Å². The summed E-state index contributed by atoms with van der Waals surface area (Å²) in [4.78, 5) is 2.40. The second kappa shape index (κ2) is 7.24. The van der Waals surface area contributed by atoms with Crippen molar-refractivity contribution in [3.63, 3.8) is 0 Å². The van der Waals surface area contributed by atoms with E-state index in [0.717, 1.165) is 25.2 Å². The zero-order valence-electron chi connectivity index (χ0n) is 12.6. The molecule has 0 aliphatic carbocycles. The summed E-state index contributed by atoms with van der Waals surface area (Å²) in [6, 6.07) is 7.01. The number of nitrogen functional groups attached to an aromatic ring is 1. The van der Waals surface area contributed by atoms with Crippen LogP contribution in [0.5, 0.6) is 0 Å². The van der Waals surface area contributed by atoms with Gasteiger partial charge in [0.05, 0.1) is 5.75 Å². The number of hydrogen-bond donors (Lipinski definition) is 2. The van der Waals surface area contributed by atoms with Crippen molar-refractivity contribution in [1.29, 1.82) is 0 Å². The molecule has 1 aromatic rings. The van der Waals surface area contributed by atoms with Crippen LogP contribution in [0.1, 0.15) is 25.3 Å². The van der Waals surface area contributed by atoms with Gasteiger partial charge in [-0.2, -0.15) is 0 Å². The molecule has 1 fully saturated rings. The first kappa shape index (κ1) is 16.3. The van der Waals surface area contributed by atoms with Gasteiger partial charge in [-0.15, -0.1) is 0 Å². The van der Waals surface area contributed by atoms with Gasteiger partial charge in [-0.3, -0.25) is 0 Å². The van der Waals surface area contributed by atoms with Crippen molar-refractivity contribution >= 4 is 15.7 Å². The number of hydrogen-bond acceptors (Lipinski definition) is 4. The van der Waals surface area contributed by atoms with Gasteiger partial charge in [-0.25, -0.2) is 13.1 Å². The Morgan fingerprint density at radius 1 is 1.33 bits per heavy atom. The molecule has 1 aliphatic heterocycles. The van der Waals surface area contributed by atoms with E-state index in [4.69, 9.17) is 5.73 Å². The number of anilines is 1. The molecule has 0 amide bonds. The Balaban J connectivity index is 1.80. The van der Waals surface area contributed by atoms with Crippen LogP contribution in [0.3, 0.4) is 0 Å². The van der Waals surface area contributed by atoms with E-state index in [1.165, 1.54) is 12.8 Å². The zero-order chi connectivity index (χ0) is 15.3. The average molecular weight is 311 g/mol. The molecule has 1 atom stereocenters. The van der Waals surface area contributed by atoms with Crippen molar-refractivity contribution < 1.29 is 8.42 Å². The lowest BCUT2D eigenvalue weighted by Crippen LogP contribution is -2.35. The summed E-state index contributed by atoms with van der Waals surface area (Å²) < 4.78 is 26.9. The molecule has 118 valence electrons. The van der Waals surface area contributed by atoms with E-state index in [2.05, 4.69) is 16.5 Å². The van der Waals surface area contributed by atoms with Crippen LogP contribution >= 0.6 is 0 Å². The maximum atomic E-state index is 12.1. The van der Waals surface area contributed by atoms with Crippen LogP contribution in [0.2, 0.25) is 0 Å². The van der Waals surface area contributed by atoms with E-state index in [1.54, 1.807) is 24.3 Å². The summed E-state index contributed by atoms with van der Waals surface area (Å²) in [6.07, 6.45) is 2.52. The Bertz CT molecular complexity index is 554. The van der Waals surface area contributed by atoms with Crippen molar-refractivity contribution in [2.45, 2.75) is 25.5 Å². The molecule has 5 nitrogen and oxygen atoms in total. The number of rotatable bonds is 7. The Labute approximate surface area is 127 Å². The van der Waals surface area contributed by atoms with Gasteiger partial charge in [0.2, 0.25) is 10.0 Å². The molecule has 2 rings (SSSR count). The quantitative estimate of drug-likeness (QED) is 0.747. The normalized spacial score (nSPS) is 18.0. The first-order valence-corrected chi connectivity index (χ1v) is 9.14. The minimum absolute atomic E-state index is 0.0194. The number of likely N-dealkylation sites (tertiary alicyclic amines) is 1. The van der Waals surface area contributed by atoms with Crippen LogP contribution in [-0.2, 0) is 15.8 Å². The van der Waals surface area contributed by atoms with Gasteiger partial charge in [-0.05, 0) is 49.5 Å². The lowest BCUT2D eigenvalue weighted by atomic mass is 10.2. The van der Waals surface area contributed by atoms with Crippen LogP contribution in [0.25, 0.3) is 0 Å². The topological polar surface area (TPSA) is 75.4 Å². The molecule has 1 unspecified atom stereocenters. The maximum absolute atomic E-state index is 12.1. The molecule has 0 spiro atoms. The number of nitrogens with zero attached hydrogens (tertiary/aromatic N) is 1. The van der Waals surface area contributed by atoms with Crippen molar-refractivity contribution in [2.75, 3.05) is 31.9 Å². The molecule has 0 bridgehead atoms. The molecule has 1 aromatic carbocycles. The Hall–Kier alpha value is -1.11. The van der Waals surface area contributed by atoms with Crippen molar-refractivity contribution in [1.82, 2.24) is 9.62 Å². The molecule has 1 heterocycles. The fourth-order valence-electron chi connectivity index (χ4n) is 2.69. The average Bonchev–Trinajstić information content (AvgIpc) is 2.89. The third-order valence-electron chi connectivity index (χ3n) is 3.73. The van der Waals surface area contributed by atoms with Gasteiger partial charge in [0.1, 0.15) is 0 Å². The minimum Gasteiger partial charge on any atom is -0.399 e. The first-order chi connectivity index (χ1) is 9.94. The van der Waals surface area contributed by atoms with E-state index >= 15 is 0 Å². The fourth-order valence-corrected chi connectivity index (χ4v) is 3.95. The molecule has 21 heavy (non-hydrogen) atoms. The maximum Gasteiger partial charge on any atom is 0.215 e. The molecule has 6 heteroatoms. The Morgan fingerprint density at radius 3 is 2.71 bits per heavy atom. The smallest absolute Gasteiger partial charge is 0.215 e. The second-order valence-electron chi connectivity index (χ2n) is 5.97. The molecular weight excluding hydrogens is 286 g/mol. The van der Waals surface area contributed by atoms with Crippen molar-refractivity contribution in [3.05, 3.63) is 29.8 Å². The summed E-state index contributed by atoms with van der Waals surface area (Å²) in [5.74, 6) is 0.299. The lowest BCUT2D eigenvalue weighted by molar-refractivity contribution is 0.288. The standard InChI is InChI=1S/C15H25N3O2S/c1-13(11-18-7-2-3-8-18)10-17-21(19,20)12-14-5-4-6-15(16)9-14/h4-6,9,13,17H,2-3,7-8,10-12,16H2,1H3. The molecular formula is C15H25N3O2S. The minimum atomic E-state index is -3.30. The van der Waals surface area contributed by atoms with Crippen LogP contribution in [0.15, 0.2) is 24.3 Å². The zero-order valence-corrected chi connectivity index (χ0v) is 13.4. The third-order valence-corrected chi connectivity index (χ3v) is 5.05. The number of nitrogens with two attached hydrogens (primary N) is 1. The molecule has 0 radical (unpaired) electrons. The van der Waals surface area contributed by atoms with Gasteiger partial charge in [0.25, 0.3) is 0 Å².